The zero-order valence-corrected chi connectivity index (χ0v) is 12.4. The molecule has 2 aromatic heterocycles. The van der Waals surface area contributed by atoms with Gasteiger partial charge < -0.3 is 10.6 Å². The third-order valence-electron chi connectivity index (χ3n) is 3.51. The first-order valence-electron chi connectivity index (χ1n) is 6.65. The van der Waals surface area contributed by atoms with Crippen molar-refractivity contribution < 1.29 is 4.79 Å². The summed E-state index contributed by atoms with van der Waals surface area (Å²) in [6.45, 7) is 3.56. The average molecular weight is 309 g/mol. The zero-order valence-electron chi connectivity index (χ0n) is 11.6. The molecule has 0 saturated carbocycles. The van der Waals surface area contributed by atoms with E-state index in [1.165, 1.54) is 10.6 Å². The van der Waals surface area contributed by atoms with E-state index in [1.807, 2.05) is 19.1 Å². The van der Waals surface area contributed by atoms with Crippen molar-refractivity contribution in [2.75, 3.05) is 13.1 Å². The highest BCUT2D eigenvalue weighted by Gasteiger charge is 2.20. The summed E-state index contributed by atoms with van der Waals surface area (Å²) < 4.78 is 1.40. The molecule has 1 aliphatic heterocycles. The second-order valence-corrected chi connectivity index (χ2v) is 5.07. The molecule has 2 aromatic rings. The van der Waals surface area contributed by atoms with Crippen molar-refractivity contribution in [2.24, 2.45) is 0 Å². The number of nitrogens with zero attached hydrogens (tertiary/aromatic N) is 2. The summed E-state index contributed by atoms with van der Waals surface area (Å²) in [5.74, 6) is -0.355. The van der Waals surface area contributed by atoms with Crippen LogP contribution in [0.1, 0.15) is 22.3 Å². The maximum Gasteiger partial charge on any atom is 0.270 e. The van der Waals surface area contributed by atoms with Crippen molar-refractivity contribution in [3.05, 3.63) is 46.0 Å². The summed E-state index contributed by atoms with van der Waals surface area (Å²) in [7, 11) is 0. The predicted molar refractivity (Wildman–Crippen MR) is 82.2 cm³/mol. The van der Waals surface area contributed by atoms with Crippen LogP contribution < -0.4 is 16.2 Å². The summed E-state index contributed by atoms with van der Waals surface area (Å²) >= 11 is 0. The summed E-state index contributed by atoms with van der Waals surface area (Å²) in [5.41, 5.74) is 1.32. The van der Waals surface area contributed by atoms with Gasteiger partial charge in [0, 0.05) is 25.0 Å². The third kappa shape index (κ3) is 3.06. The van der Waals surface area contributed by atoms with Crippen molar-refractivity contribution in [3.8, 4) is 0 Å². The van der Waals surface area contributed by atoms with Crippen LogP contribution in [0.5, 0.6) is 0 Å². The maximum absolute atomic E-state index is 12.3. The Labute approximate surface area is 128 Å². The van der Waals surface area contributed by atoms with Crippen molar-refractivity contribution in [1.82, 2.24) is 20.0 Å². The molecule has 1 saturated heterocycles. The lowest BCUT2D eigenvalue weighted by Crippen LogP contribution is -2.39. The molecular weight excluding hydrogens is 292 g/mol. The van der Waals surface area contributed by atoms with Crippen LogP contribution in [0.2, 0.25) is 0 Å². The number of rotatable bonds is 2. The molecule has 1 atom stereocenters. The van der Waals surface area contributed by atoms with Gasteiger partial charge >= 0.3 is 0 Å². The van der Waals surface area contributed by atoms with Crippen LogP contribution in [0.25, 0.3) is 5.65 Å². The van der Waals surface area contributed by atoms with E-state index >= 15 is 0 Å². The first-order chi connectivity index (χ1) is 9.65. The van der Waals surface area contributed by atoms with Gasteiger partial charge in [0.05, 0.1) is 0 Å². The number of fused-ring (bicyclic) bond motifs is 1. The maximum atomic E-state index is 12.3. The van der Waals surface area contributed by atoms with Gasteiger partial charge in [-0.25, -0.2) is 4.98 Å². The molecule has 1 unspecified atom stereocenters. The normalized spacial score (nSPS) is 17.5. The van der Waals surface area contributed by atoms with Gasteiger partial charge in [0.15, 0.2) is 0 Å². The van der Waals surface area contributed by atoms with E-state index in [-0.39, 0.29) is 35.5 Å². The van der Waals surface area contributed by atoms with Crippen LogP contribution >= 0.6 is 12.4 Å². The highest BCUT2D eigenvalue weighted by atomic mass is 35.5. The molecule has 1 amide bonds. The fourth-order valence-electron chi connectivity index (χ4n) is 2.37. The Morgan fingerprint density at radius 1 is 1.52 bits per heavy atom. The second kappa shape index (κ2) is 6.24. The van der Waals surface area contributed by atoms with Crippen LogP contribution in [-0.4, -0.2) is 34.4 Å². The van der Waals surface area contributed by atoms with E-state index in [4.69, 9.17) is 0 Å². The third-order valence-corrected chi connectivity index (χ3v) is 3.51. The fourth-order valence-corrected chi connectivity index (χ4v) is 2.37. The molecule has 3 rings (SSSR count). The summed E-state index contributed by atoms with van der Waals surface area (Å²) in [4.78, 5) is 28.6. The lowest BCUT2D eigenvalue weighted by atomic mass is 10.2. The summed E-state index contributed by atoms with van der Waals surface area (Å²) in [6.07, 6.45) is 3.88. The van der Waals surface area contributed by atoms with Crippen LogP contribution in [0.4, 0.5) is 0 Å². The first-order valence-corrected chi connectivity index (χ1v) is 6.65. The molecule has 1 fully saturated rings. The van der Waals surface area contributed by atoms with Crippen LogP contribution in [0.3, 0.4) is 0 Å². The largest absolute Gasteiger partial charge is 0.348 e. The van der Waals surface area contributed by atoms with Crippen molar-refractivity contribution in [2.45, 2.75) is 19.4 Å². The van der Waals surface area contributed by atoms with Crippen molar-refractivity contribution in [3.63, 3.8) is 0 Å². The van der Waals surface area contributed by atoms with Gasteiger partial charge in [-0.3, -0.25) is 14.0 Å². The number of carbonyl (C=O) groups is 1. The van der Waals surface area contributed by atoms with Crippen molar-refractivity contribution >= 4 is 24.0 Å². The molecule has 2 N–H and O–H groups in total. The molecule has 6 nitrogen and oxygen atoms in total. The molecule has 0 spiro atoms. The number of aryl methyl sites for hydroxylation is 1. The highest BCUT2D eigenvalue weighted by molar-refractivity contribution is 5.94. The summed E-state index contributed by atoms with van der Waals surface area (Å²) in [5, 5.41) is 6.02. The summed E-state index contributed by atoms with van der Waals surface area (Å²) in [6, 6.07) is 3.71. The fraction of sp³-hybridized carbons (Fsp3) is 0.357. The molecule has 0 aromatic carbocycles. The Balaban J connectivity index is 0.00000161. The quantitative estimate of drug-likeness (QED) is 0.848. The van der Waals surface area contributed by atoms with E-state index < -0.39 is 0 Å². The van der Waals surface area contributed by atoms with Crippen LogP contribution in [0.15, 0.2) is 29.3 Å². The Morgan fingerprint density at radius 3 is 3.05 bits per heavy atom. The molecule has 112 valence electrons. The SMILES string of the molecule is Cc1ccn2c(=O)c(C(=O)NC3CCNC3)cnc2c1.Cl. The average Bonchev–Trinajstić information content (AvgIpc) is 2.91. The number of pyridine rings is 1. The Kier molecular flexibility index (Phi) is 4.59. The van der Waals surface area contributed by atoms with E-state index in [1.54, 1.807) is 6.20 Å². The van der Waals surface area contributed by atoms with Gasteiger partial charge in [0.25, 0.3) is 11.5 Å². The molecule has 21 heavy (non-hydrogen) atoms. The molecular formula is C14H17ClN4O2. The van der Waals surface area contributed by atoms with Crippen LogP contribution in [-0.2, 0) is 0 Å². The zero-order chi connectivity index (χ0) is 14.1. The minimum Gasteiger partial charge on any atom is -0.348 e. The standard InChI is InChI=1S/C14H16N4O2.ClH/c1-9-3-5-18-12(6-9)16-8-11(14(18)20)13(19)17-10-2-4-15-7-10;/h3,5-6,8,10,15H,2,4,7H2,1H3,(H,17,19);1H. The van der Waals surface area contributed by atoms with Gasteiger partial charge in [0.1, 0.15) is 11.2 Å². The number of hydrogen-bond donors (Lipinski definition) is 2. The van der Waals surface area contributed by atoms with E-state index in [2.05, 4.69) is 15.6 Å². The minimum atomic E-state index is -0.355. The van der Waals surface area contributed by atoms with E-state index in [0.29, 0.717) is 5.65 Å². The smallest absolute Gasteiger partial charge is 0.270 e. The number of halogens is 1. The Morgan fingerprint density at radius 2 is 2.33 bits per heavy atom. The van der Waals surface area contributed by atoms with Crippen LogP contribution in [0, 0.1) is 6.92 Å². The molecule has 0 radical (unpaired) electrons. The number of carbonyl (C=O) groups excluding carboxylic acids is 1. The molecule has 3 heterocycles. The molecule has 0 aliphatic carbocycles. The Bertz CT molecular complexity index is 722. The van der Waals surface area contributed by atoms with Gasteiger partial charge in [-0.1, -0.05) is 0 Å². The van der Waals surface area contributed by atoms with Gasteiger partial charge in [-0.05, 0) is 37.6 Å². The van der Waals surface area contributed by atoms with E-state index in [9.17, 15) is 9.59 Å². The number of aromatic nitrogens is 2. The first kappa shape index (κ1) is 15.5. The van der Waals surface area contributed by atoms with Gasteiger partial charge in [-0.15, -0.1) is 12.4 Å². The monoisotopic (exact) mass is 308 g/mol. The second-order valence-electron chi connectivity index (χ2n) is 5.07. The number of nitrogens with one attached hydrogen (secondary N) is 2. The highest BCUT2D eigenvalue weighted by Crippen LogP contribution is 2.03. The lowest BCUT2D eigenvalue weighted by molar-refractivity contribution is 0.0938. The topological polar surface area (TPSA) is 75.5 Å². The molecule has 0 bridgehead atoms. The predicted octanol–water partition coefficient (Wildman–Crippen LogP) is 0.516. The lowest BCUT2D eigenvalue weighted by Gasteiger charge is -2.11. The molecule has 7 heteroatoms. The van der Waals surface area contributed by atoms with Crippen molar-refractivity contribution in [1.29, 1.82) is 0 Å². The number of amides is 1. The van der Waals surface area contributed by atoms with Gasteiger partial charge in [-0.2, -0.15) is 0 Å². The molecule has 1 aliphatic rings. The van der Waals surface area contributed by atoms with E-state index in [0.717, 1.165) is 25.1 Å². The Hall–Kier alpha value is -1.92. The van der Waals surface area contributed by atoms with Gasteiger partial charge in [0.2, 0.25) is 0 Å². The number of hydrogen-bond acceptors (Lipinski definition) is 4. The minimum absolute atomic E-state index is 0.